The molecule has 0 aromatic rings. The minimum atomic E-state index is -0.266. The van der Waals surface area contributed by atoms with E-state index in [4.69, 9.17) is 5.73 Å². The van der Waals surface area contributed by atoms with Crippen molar-refractivity contribution in [3.8, 4) is 0 Å². The zero-order valence-corrected chi connectivity index (χ0v) is 7.76. The molecule has 0 radical (unpaired) electrons. The van der Waals surface area contributed by atoms with Gasteiger partial charge in [-0.05, 0) is 19.4 Å². The molecule has 0 aliphatic heterocycles. The number of unbranched alkanes of at least 4 members (excludes halogenated alkanes) is 1. The van der Waals surface area contributed by atoms with E-state index >= 15 is 0 Å². The van der Waals surface area contributed by atoms with Crippen molar-refractivity contribution in [3.05, 3.63) is 11.9 Å². The van der Waals surface area contributed by atoms with E-state index in [1.54, 1.807) is 0 Å². The third-order valence-electron chi connectivity index (χ3n) is 1.24. The van der Waals surface area contributed by atoms with Gasteiger partial charge in [-0.25, -0.2) is 4.39 Å². The molecule has 0 aromatic carbocycles. The molecule has 2 N–H and O–H groups in total. The van der Waals surface area contributed by atoms with Gasteiger partial charge in [0.1, 0.15) is 5.83 Å². The second kappa shape index (κ2) is 6.98. The van der Waals surface area contributed by atoms with Gasteiger partial charge in [0.05, 0.1) is 12.8 Å². The van der Waals surface area contributed by atoms with Crippen LogP contribution in [-0.2, 0) is 0 Å². The Hall–Kier alpha value is -0.700. The van der Waals surface area contributed by atoms with Crippen LogP contribution in [0.3, 0.4) is 0 Å². The number of aliphatic imine (C=N–C) groups is 1. The lowest BCUT2D eigenvalue weighted by atomic mass is 10.3. The van der Waals surface area contributed by atoms with E-state index in [0.29, 0.717) is 6.54 Å². The van der Waals surface area contributed by atoms with Crippen molar-refractivity contribution in [2.24, 2.45) is 10.7 Å². The summed E-state index contributed by atoms with van der Waals surface area (Å²) >= 11 is 0. The van der Waals surface area contributed by atoms with Crippen molar-refractivity contribution < 1.29 is 4.39 Å². The molecule has 0 amide bonds. The molecule has 0 aromatic heterocycles. The van der Waals surface area contributed by atoms with Crippen LogP contribution in [0.1, 0.15) is 26.7 Å². The van der Waals surface area contributed by atoms with Gasteiger partial charge in [0, 0.05) is 6.04 Å². The van der Waals surface area contributed by atoms with Crippen molar-refractivity contribution >= 4 is 6.21 Å². The fraction of sp³-hybridized carbons (Fsp3) is 0.667. The Labute approximate surface area is 73.4 Å². The summed E-state index contributed by atoms with van der Waals surface area (Å²) in [6.45, 7) is 4.32. The van der Waals surface area contributed by atoms with E-state index in [9.17, 15) is 4.39 Å². The van der Waals surface area contributed by atoms with Crippen molar-refractivity contribution in [1.29, 1.82) is 0 Å². The monoisotopic (exact) mass is 172 g/mol. The molecule has 3 heteroatoms. The van der Waals surface area contributed by atoms with Crippen LogP contribution in [0.4, 0.5) is 4.39 Å². The van der Waals surface area contributed by atoms with Crippen molar-refractivity contribution in [1.82, 2.24) is 0 Å². The standard InChI is InChI=1S/C9H17FN2/c1-3-4-5-9(10)7-12-6-8(2)11/h5,7-8H,3-4,6,11H2,1-2H3. The largest absolute Gasteiger partial charge is 0.326 e. The first kappa shape index (κ1) is 11.3. The van der Waals surface area contributed by atoms with Crippen molar-refractivity contribution in [2.75, 3.05) is 6.54 Å². The van der Waals surface area contributed by atoms with Crippen LogP contribution in [-0.4, -0.2) is 18.8 Å². The summed E-state index contributed by atoms with van der Waals surface area (Å²) in [5.74, 6) is -0.266. The molecular formula is C9H17FN2. The Morgan fingerprint density at radius 2 is 2.33 bits per heavy atom. The highest BCUT2D eigenvalue weighted by Crippen LogP contribution is 1.97. The highest BCUT2D eigenvalue weighted by molar-refractivity contribution is 5.75. The van der Waals surface area contributed by atoms with E-state index < -0.39 is 0 Å². The van der Waals surface area contributed by atoms with Gasteiger partial charge in [-0.15, -0.1) is 0 Å². The Kier molecular flexibility index (Phi) is 6.57. The molecule has 1 atom stereocenters. The molecule has 0 rings (SSSR count). The highest BCUT2D eigenvalue weighted by atomic mass is 19.1. The average Bonchev–Trinajstić information content (AvgIpc) is 2.00. The predicted octanol–water partition coefficient (Wildman–Crippen LogP) is 2.06. The molecular weight excluding hydrogens is 155 g/mol. The molecule has 0 bridgehead atoms. The smallest absolute Gasteiger partial charge is 0.137 e. The molecule has 0 aliphatic carbocycles. The Morgan fingerprint density at radius 1 is 1.67 bits per heavy atom. The van der Waals surface area contributed by atoms with E-state index in [-0.39, 0.29) is 11.9 Å². The zero-order chi connectivity index (χ0) is 9.40. The maximum atomic E-state index is 12.7. The van der Waals surface area contributed by atoms with Gasteiger partial charge in [-0.3, -0.25) is 4.99 Å². The number of hydrogen-bond acceptors (Lipinski definition) is 2. The first-order valence-corrected chi connectivity index (χ1v) is 4.28. The molecule has 0 saturated heterocycles. The van der Waals surface area contributed by atoms with Gasteiger partial charge >= 0.3 is 0 Å². The van der Waals surface area contributed by atoms with E-state index in [1.165, 1.54) is 12.3 Å². The Morgan fingerprint density at radius 3 is 2.83 bits per heavy atom. The number of nitrogens with zero attached hydrogens (tertiary/aromatic N) is 1. The summed E-state index contributed by atoms with van der Waals surface area (Å²) in [5, 5.41) is 0. The minimum absolute atomic E-state index is 0.000208. The Bertz CT molecular complexity index is 162. The van der Waals surface area contributed by atoms with E-state index in [0.717, 1.165) is 12.8 Å². The molecule has 70 valence electrons. The summed E-state index contributed by atoms with van der Waals surface area (Å²) in [5.41, 5.74) is 5.42. The quantitative estimate of drug-likeness (QED) is 0.633. The summed E-state index contributed by atoms with van der Waals surface area (Å²) < 4.78 is 12.7. The van der Waals surface area contributed by atoms with Crippen LogP contribution in [0.2, 0.25) is 0 Å². The summed E-state index contributed by atoms with van der Waals surface area (Å²) in [4.78, 5) is 3.83. The van der Waals surface area contributed by atoms with Crippen LogP contribution in [0, 0.1) is 0 Å². The molecule has 2 nitrogen and oxygen atoms in total. The summed E-state index contributed by atoms with van der Waals surface area (Å²) in [6, 6.07) is 0.000208. The summed E-state index contributed by atoms with van der Waals surface area (Å²) in [7, 11) is 0. The topological polar surface area (TPSA) is 38.4 Å². The fourth-order valence-electron chi connectivity index (χ4n) is 0.641. The predicted molar refractivity (Wildman–Crippen MR) is 51.1 cm³/mol. The number of nitrogens with two attached hydrogens (primary N) is 1. The van der Waals surface area contributed by atoms with Gasteiger partial charge in [0.15, 0.2) is 0 Å². The van der Waals surface area contributed by atoms with Crippen LogP contribution in [0.5, 0.6) is 0 Å². The van der Waals surface area contributed by atoms with Crippen LogP contribution in [0.15, 0.2) is 16.9 Å². The Balaban J connectivity index is 3.66. The van der Waals surface area contributed by atoms with Crippen LogP contribution in [0.25, 0.3) is 0 Å². The molecule has 0 fully saturated rings. The zero-order valence-electron chi connectivity index (χ0n) is 7.76. The van der Waals surface area contributed by atoms with Crippen LogP contribution >= 0.6 is 0 Å². The second-order valence-corrected chi connectivity index (χ2v) is 2.85. The molecule has 0 saturated carbocycles. The SMILES string of the molecule is CCCC=C(F)C=NCC(C)N. The molecule has 1 unspecified atom stereocenters. The fourth-order valence-corrected chi connectivity index (χ4v) is 0.641. The number of halogens is 1. The average molecular weight is 172 g/mol. The first-order chi connectivity index (χ1) is 5.66. The van der Waals surface area contributed by atoms with Crippen LogP contribution < -0.4 is 5.73 Å². The minimum Gasteiger partial charge on any atom is -0.326 e. The lowest BCUT2D eigenvalue weighted by Gasteiger charge is -1.96. The lowest BCUT2D eigenvalue weighted by Crippen LogP contribution is -2.18. The molecule has 0 aliphatic rings. The van der Waals surface area contributed by atoms with Gasteiger partial charge in [-0.2, -0.15) is 0 Å². The second-order valence-electron chi connectivity index (χ2n) is 2.85. The highest BCUT2D eigenvalue weighted by Gasteiger charge is 1.90. The number of allylic oxidation sites excluding steroid dienone is 2. The third-order valence-corrected chi connectivity index (χ3v) is 1.24. The van der Waals surface area contributed by atoms with Crippen molar-refractivity contribution in [3.63, 3.8) is 0 Å². The summed E-state index contributed by atoms with van der Waals surface area (Å²) in [6.07, 6.45) is 4.48. The maximum absolute atomic E-state index is 12.7. The van der Waals surface area contributed by atoms with Gasteiger partial charge in [-0.1, -0.05) is 13.3 Å². The van der Waals surface area contributed by atoms with E-state index in [2.05, 4.69) is 4.99 Å². The van der Waals surface area contributed by atoms with Gasteiger partial charge < -0.3 is 5.73 Å². The lowest BCUT2D eigenvalue weighted by molar-refractivity contribution is 0.673. The van der Waals surface area contributed by atoms with Gasteiger partial charge in [0.25, 0.3) is 0 Å². The number of hydrogen-bond donors (Lipinski definition) is 1. The number of rotatable bonds is 5. The van der Waals surface area contributed by atoms with Gasteiger partial charge in [0.2, 0.25) is 0 Å². The molecule has 0 heterocycles. The molecule has 0 spiro atoms. The maximum Gasteiger partial charge on any atom is 0.137 e. The van der Waals surface area contributed by atoms with Crippen molar-refractivity contribution in [2.45, 2.75) is 32.7 Å². The first-order valence-electron chi connectivity index (χ1n) is 4.28. The normalized spacial score (nSPS) is 15.5. The van der Waals surface area contributed by atoms with E-state index in [1.807, 2.05) is 13.8 Å². The molecule has 12 heavy (non-hydrogen) atoms. The third kappa shape index (κ3) is 7.41.